The number of aliphatic carboxylic acids is 1. The van der Waals surface area contributed by atoms with Crippen LogP contribution in [-0.4, -0.2) is 17.2 Å². The van der Waals surface area contributed by atoms with Gasteiger partial charge in [0.05, 0.1) is 12.5 Å². The van der Waals surface area contributed by atoms with E-state index in [9.17, 15) is 14.0 Å². The first-order chi connectivity index (χ1) is 11.5. The molecular formula is C17H15BrFNO4. The van der Waals surface area contributed by atoms with E-state index in [2.05, 4.69) is 21.2 Å². The lowest BCUT2D eigenvalue weighted by atomic mass is 10.0. The molecule has 5 nitrogen and oxygen atoms in total. The molecule has 0 heterocycles. The lowest BCUT2D eigenvalue weighted by molar-refractivity contribution is -0.137. The summed E-state index contributed by atoms with van der Waals surface area (Å²) >= 11 is 3.20. The smallest absolute Gasteiger partial charge is 0.407 e. The average Bonchev–Trinajstić information content (AvgIpc) is 2.55. The molecule has 24 heavy (non-hydrogen) atoms. The summed E-state index contributed by atoms with van der Waals surface area (Å²) < 4.78 is 19.6. The Morgan fingerprint density at radius 2 is 1.92 bits per heavy atom. The van der Waals surface area contributed by atoms with E-state index in [4.69, 9.17) is 9.84 Å². The molecule has 126 valence electrons. The molecule has 0 aliphatic rings. The average molecular weight is 396 g/mol. The number of rotatable bonds is 6. The summed E-state index contributed by atoms with van der Waals surface area (Å²) in [7, 11) is 0. The summed E-state index contributed by atoms with van der Waals surface area (Å²) in [4.78, 5) is 22.9. The number of benzene rings is 2. The zero-order valence-corrected chi connectivity index (χ0v) is 14.1. The Bertz CT molecular complexity index is 724. The van der Waals surface area contributed by atoms with Gasteiger partial charge >= 0.3 is 12.1 Å². The van der Waals surface area contributed by atoms with Crippen LogP contribution in [0.25, 0.3) is 0 Å². The zero-order chi connectivity index (χ0) is 17.5. The van der Waals surface area contributed by atoms with Crippen molar-refractivity contribution in [3.8, 4) is 0 Å². The highest BCUT2D eigenvalue weighted by Crippen LogP contribution is 2.24. The van der Waals surface area contributed by atoms with Gasteiger partial charge in [-0.3, -0.25) is 4.79 Å². The van der Waals surface area contributed by atoms with Crippen molar-refractivity contribution in [1.82, 2.24) is 5.32 Å². The Kier molecular flexibility index (Phi) is 6.31. The molecule has 2 aromatic rings. The van der Waals surface area contributed by atoms with E-state index in [0.717, 1.165) is 5.56 Å². The number of halogens is 2. The fraction of sp³-hybridized carbons (Fsp3) is 0.176. The number of amides is 1. The molecular weight excluding hydrogens is 381 g/mol. The van der Waals surface area contributed by atoms with Crippen molar-refractivity contribution in [2.75, 3.05) is 0 Å². The number of carboxylic acid groups (broad SMARTS) is 1. The number of ether oxygens (including phenoxy) is 1. The second kappa shape index (κ2) is 8.44. The Hall–Kier alpha value is -2.41. The maximum Gasteiger partial charge on any atom is 0.407 e. The Balaban J connectivity index is 2.06. The number of nitrogens with one attached hydrogen (secondary N) is 1. The van der Waals surface area contributed by atoms with Crippen LogP contribution in [-0.2, 0) is 16.1 Å². The Labute approximate surface area is 146 Å². The van der Waals surface area contributed by atoms with Gasteiger partial charge in [0, 0.05) is 10.0 Å². The summed E-state index contributed by atoms with van der Waals surface area (Å²) in [6, 6.07) is 12.1. The second-order valence-electron chi connectivity index (χ2n) is 5.02. The van der Waals surface area contributed by atoms with E-state index in [1.165, 1.54) is 18.2 Å². The van der Waals surface area contributed by atoms with Gasteiger partial charge < -0.3 is 15.2 Å². The molecule has 0 bridgehead atoms. The third kappa shape index (κ3) is 5.34. The fourth-order valence-electron chi connectivity index (χ4n) is 2.10. The Morgan fingerprint density at radius 1 is 1.21 bits per heavy atom. The minimum absolute atomic E-state index is 0.0351. The van der Waals surface area contributed by atoms with Crippen LogP contribution in [0.4, 0.5) is 9.18 Å². The quantitative estimate of drug-likeness (QED) is 0.773. The highest BCUT2D eigenvalue weighted by Gasteiger charge is 2.22. The molecule has 2 N–H and O–H groups in total. The molecule has 0 saturated heterocycles. The normalized spacial score (nSPS) is 11.6. The number of carboxylic acids is 1. The first kappa shape index (κ1) is 17.9. The first-order valence-electron chi connectivity index (χ1n) is 7.09. The van der Waals surface area contributed by atoms with Crippen LogP contribution < -0.4 is 5.32 Å². The molecule has 0 aromatic heterocycles. The van der Waals surface area contributed by atoms with Crippen molar-refractivity contribution in [3.05, 3.63) is 69.9 Å². The molecule has 0 radical (unpaired) electrons. The van der Waals surface area contributed by atoms with Crippen molar-refractivity contribution in [3.63, 3.8) is 0 Å². The van der Waals surface area contributed by atoms with Gasteiger partial charge in [0.2, 0.25) is 0 Å². The van der Waals surface area contributed by atoms with Crippen molar-refractivity contribution in [1.29, 1.82) is 0 Å². The number of carbonyl (C=O) groups is 2. The summed E-state index contributed by atoms with van der Waals surface area (Å²) in [6.45, 7) is 0.0351. The topological polar surface area (TPSA) is 75.6 Å². The van der Waals surface area contributed by atoms with Gasteiger partial charge in [-0.05, 0) is 23.8 Å². The molecule has 1 unspecified atom stereocenters. The number of carbonyl (C=O) groups excluding carboxylic acids is 1. The molecule has 1 atom stereocenters. The van der Waals surface area contributed by atoms with E-state index >= 15 is 0 Å². The SMILES string of the molecule is O=C(O)CC(NC(=O)OCc1ccccc1)c1cc(Br)ccc1F. The van der Waals surface area contributed by atoms with Crippen LogP contribution in [0.15, 0.2) is 53.0 Å². The molecule has 0 spiro atoms. The number of hydrogen-bond donors (Lipinski definition) is 2. The predicted octanol–water partition coefficient (Wildman–Crippen LogP) is 4.03. The summed E-state index contributed by atoms with van der Waals surface area (Å²) in [5, 5.41) is 11.4. The Morgan fingerprint density at radius 3 is 2.58 bits per heavy atom. The number of alkyl carbamates (subject to hydrolysis) is 1. The van der Waals surface area contributed by atoms with E-state index in [1.807, 2.05) is 6.07 Å². The summed E-state index contributed by atoms with van der Waals surface area (Å²) in [6.07, 6.45) is -1.28. The molecule has 7 heteroatoms. The lowest BCUT2D eigenvalue weighted by Crippen LogP contribution is -2.31. The summed E-state index contributed by atoms with van der Waals surface area (Å²) in [5.41, 5.74) is 0.861. The highest BCUT2D eigenvalue weighted by molar-refractivity contribution is 9.10. The molecule has 2 aromatic carbocycles. The largest absolute Gasteiger partial charge is 0.481 e. The molecule has 2 rings (SSSR count). The minimum Gasteiger partial charge on any atom is -0.481 e. The van der Waals surface area contributed by atoms with Crippen molar-refractivity contribution in [2.45, 2.75) is 19.1 Å². The lowest BCUT2D eigenvalue weighted by Gasteiger charge is -2.18. The number of hydrogen-bond acceptors (Lipinski definition) is 3. The maximum absolute atomic E-state index is 14.0. The first-order valence-corrected chi connectivity index (χ1v) is 7.89. The minimum atomic E-state index is -1.16. The van der Waals surface area contributed by atoms with E-state index in [0.29, 0.717) is 4.47 Å². The molecule has 0 aliphatic carbocycles. The van der Waals surface area contributed by atoms with Crippen LogP contribution >= 0.6 is 15.9 Å². The van der Waals surface area contributed by atoms with Gasteiger partial charge in [-0.2, -0.15) is 0 Å². The highest BCUT2D eigenvalue weighted by atomic mass is 79.9. The molecule has 0 aliphatic heterocycles. The van der Waals surface area contributed by atoms with Gasteiger partial charge in [-0.25, -0.2) is 9.18 Å². The van der Waals surface area contributed by atoms with E-state index in [1.54, 1.807) is 24.3 Å². The predicted molar refractivity (Wildman–Crippen MR) is 88.9 cm³/mol. The van der Waals surface area contributed by atoms with Crippen LogP contribution in [0.5, 0.6) is 0 Å². The second-order valence-corrected chi connectivity index (χ2v) is 5.94. The van der Waals surface area contributed by atoms with Gasteiger partial charge in [-0.1, -0.05) is 46.3 Å². The third-order valence-electron chi connectivity index (χ3n) is 3.22. The van der Waals surface area contributed by atoms with Gasteiger partial charge in [-0.15, -0.1) is 0 Å². The van der Waals surface area contributed by atoms with Gasteiger partial charge in [0.1, 0.15) is 12.4 Å². The summed E-state index contributed by atoms with van der Waals surface area (Å²) in [5.74, 6) is -1.77. The monoisotopic (exact) mass is 395 g/mol. The third-order valence-corrected chi connectivity index (χ3v) is 3.71. The van der Waals surface area contributed by atoms with Crippen molar-refractivity contribution >= 4 is 28.0 Å². The molecule has 0 fully saturated rings. The van der Waals surface area contributed by atoms with Crippen LogP contribution in [0.2, 0.25) is 0 Å². The van der Waals surface area contributed by atoms with Gasteiger partial charge in [0.15, 0.2) is 0 Å². The maximum atomic E-state index is 14.0. The van der Waals surface area contributed by atoms with Crippen LogP contribution in [0.1, 0.15) is 23.6 Å². The van der Waals surface area contributed by atoms with E-state index in [-0.39, 0.29) is 12.2 Å². The van der Waals surface area contributed by atoms with E-state index < -0.39 is 30.3 Å². The van der Waals surface area contributed by atoms with Crippen LogP contribution in [0, 0.1) is 5.82 Å². The van der Waals surface area contributed by atoms with Crippen LogP contribution in [0.3, 0.4) is 0 Å². The fourth-order valence-corrected chi connectivity index (χ4v) is 2.48. The standard InChI is InChI=1S/C17H15BrFNO4/c18-12-6-7-14(19)13(8-12)15(9-16(21)22)20-17(23)24-10-11-4-2-1-3-5-11/h1-8,15H,9-10H2,(H,20,23)(H,21,22). The molecule has 0 saturated carbocycles. The van der Waals surface area contributed by atoms with Crippen molar-refractivity contribution < 1.29 is 23.8 Å². The van der Waals surface area contributed by atoms with Gasteiger partial charge in [0.25, 0.3) is 0 Å². The van der Waals surface area contributed by atoms with Crippen molar-refractivity contribution in [2.24, 2.45) is 0 Å². The zero-order valence-electron chi connectivity index (χ0n) is 12.5. The molecule has 1 amide bonds.